The first-order valence-electron chi connectivity index (χ1n) is 5.46. The third-order valence-corrected chi connectivity index (χ3v) is 2.12. The zero-order chi connectivity index (χ0) is 13.1. The third kappa shape index (κ3) is 4.07. The van der Waals surface area contributed by atoms with Crippen LogP contribution in [0.25, 0.3) is 0 Å². The Morgan fingerprint density at radius 1 is 1.24 bits per heavy atom. The van der Waals surface area contributed by atoms with E-state index in [0.29, 0.717) is 5.56 Å². The van der Waals surface area contributed by atoms with Crippen LogP contribution in [0.3, 0.4) is 0 Å². The fourth-order valence-electron chi connectivity index (χ4n) is 1.36. The van der Waals surface area contributed by atoms with E-state index >= 15 is 0 Å². The molecule has 1 rings (SSSR count). The Labute approximate surface area is 102 Å². The molecule has 0 aromatic heterocycles. The Hall–Kier alpha value is -1.55. The van der Waals surface area contributed by atoms with Crippen LogP contribution in [0.5, 0.6) is 5.75 Å². The number of carbonyl (C=O) groups excluding carboxylic acids is 1. The van der Waals surface area contributed by atoms with Crippen molar-refractivity contribution in [3.63, 3.8) is 0 Å². The maximum absolute atomic E-state index is 11.2. The number of ether oxygens (including phenoxy) is 2. The highest BCUT2D eigenvalue weighted by Crippen LogP contribution is 2.21. The SMILES string of the molecule is COC(=O)[C@H](N)c1ccc(OC(C)(C)C)cc1. The Kier molecular flexibility index (Phi) is 4.12. The first-order chi connectivity index (χ1) is 7.83. The van der Waals surface area contributed by atoms with Crippen LogP contribution in [0.4, 0.5) is 0 Å². The van der Waals surface area contributed by atoms with E-state index in [4.69, 9.17) is 10.5 Å². The summed E-state index contributed by atoms with van der Waals surface area (Å²) in [5.41, 5.74) is 6.17. The van der Waals surface area contributed by atoms with Crippen molar-refractivity contribution in [2.24, 2.45) is 5.73 Å². The van der Waals surface area contributed by atoms with Gasteiger partial charge in [0.2, 0.25) is 0 Å². The summed E-state index contributed by atoms with van der Waals surface area (Å²) in [4.78, 5) is 11.2. The number of carbonyl (C=O) groups is 1. The van der Waals surface area contributed by atoms with Gasteiger partial charge in [0.25, 0.3) is 0 Å². The quantitative estimate of drug-likeness (QED) is 0.817. The summed E-state index contributed by atoms with van der Waals surface area (Å²) < 4.78 is 10.2. The van der Waals surface area contributed by atoms with Crippen LogP contribution in [0.1, 0.15) is 32.4 Å². The number of hydrogen-bond donors (Lipinski definition) is 1. The van der Waals surface area contributed by atoms with Crippen LogP contribution in [-0.4, -0.2) is 18.7 Å². The summed E-state index contributed by atoms with van der Waals surface area (Å²) >= 11 is 0. The van der Waals surface area contributed by atoms with Crippen LogP contribution < -0.4 is 10.5 Å². The molecule has 1 aromatic rings. The molecule has 1 atom stereocenters. The second kappa shape index (κ2) is 5.19. The molecule has 0 spiro atoms. The highest BCUT2D eigenvalue weighted by atomic mass is 16.5. The average molecular weight is 237 g/mol. The summed E-state index contributed by atoms with van der Waals surface area (Å²) in [6, 6.07) is 6.38. The second-order valence-corrected chi connectivity index (χ2v) is 4.78. The maximum Gasteiger partial charge on any atom is 0.327 e. The van der Waals surface area contributed by atoms with Gasteiger partial charge in [0.05, 0.1) is 7.11 Å². The van der Waals surface area contributed by atoms with Crippen molar-refractivity contribution < 1.29 is 14.3 Å². The summed E-state index contributed by atoms with van der Waals surface area (Å²) in [6.07, 6.45) is 0. The Morgan fingerprint density at radius 2 is 1.76 bits per heavy atom. The highest BCUT2D eigenvalue weighted by Gasteiger charge is 2.17. The molecule has 0 saturated carbocycles. The molecule has 1 aromatic carbocycles. The minimum atomic E-state index is -0.747. The van der Waals surface area contributed by atoms with E-state index in [0.717, 1.165) is 5.75 Å². The zero-order valence-electron chi connectivity index (χ0n) is 10.7. The largest absolute Gasteiger partial charge is 0.488 e. The van der Waals surface area contributed by atoms with E-state index in [9.17, 15) is 4.79 Å². The molecular formula is C13H19NO3. The first-order valence-corrected chi connectivity index (χ1v) is 5.46. The lowest BCUT2D eigenvalue weighted by Crippen LogP contribution is -2.24. The zero-order valence-corrected chi connectivity index (χ0v) is 10.7. The van der Waals surface area contributed by atoms with Gasteiger partial charge in [0.15, 0.2) is 0 Å². The van der Waals surface area contributed by atoms with Gasteiger partial charge in [0.1, 0.15) is 17.4 Å². The fourth-order valence-corrected chi connectivity index (χ4v) is 1.36. The molecule has 0 bridgehead atoms. The third-order valence-electron chi connectivity index (χ3n) is 2.12. The first kappa shape index (κ1) is 13.5. The highest BCUT2D eigenvalue weighted by molar-refractivity contribution is 5.77. The number of nitrogens with two attached hydrogens (primary N) is 1. The van der Waals surface area contributed by atoms with Crippen molar-refractivity contribution in [2.75, 3.05) is 7.11 Å². The lowest BCUT2D eigenvalue weighted by molar-refractivity contribution is -0.142. The van der Waals surface area contributed by atoms with Crippen molar-refractivity contribution in [3.05, 3.63) is 29.8 Å². The molecule has 2 N–H and O–H groups in total. The van der Waals surface area contributed by atoms with E-state index in [1.807, 2.05) is 20.8 Å². The molecule has 4 nitrogen and oxygen atoms in total. The maximum atomic E-state index is 11.2. The Morgan fingerprint density at radius 3 is 2.18 bits per heavy atom. The lowest BCUT2D eigenvalue weighted by atomic mass is 10.1. The predicted octanol–water partition coefficient (Wildman–Crippen LogP) is 2.04. The van der Waals surface area contributed by atoms with Crippen LogP contribution in [0.15, 0.2) is 24.3 Å². The summed E-state index contributed by atoms with van der Waals surface area (Å²) in [5, 5.41) is 0. The van der Waals surface area contributed by atoms with Crippen LogP contribution >= 0.6 is 0 Å². The van der Waals surface area contributed by atoms with Gasteiger partial charge in [0, 0.05) is 0 Å². The topological polar surface area (TPSA) is 61.5 Å². The monoisotopic (exact) mass is 237 g/mol. The molecule has 0 radical (unpaired) electrons. The van der Waals surface area contributed by atoms with E-state index < -0.39 is 12.0 Å². The molecule has 0 heterocycles. The molecule has 0 aliphatic heterocycles. The van der Waals surface area contributed by atoms with Gasteiger partial charge < -0.3 is 15.2 Å². The standard InChI is InChI=1S/C13H19NO3/c1-13(2,3)17-10-7-5-9(6-8-10)11(14)12(15)16-4/h5-8,11H,14H2,1-4H3/t11-/m1/s1. The molecule has 0 unspecified atom stereocenters. The number of methoxy groups -OCH3 is 1. The lowest BCUT2D eigenvalue weighted by Gasteiger charge is -2.21. The van der Waals surface area contributed by atoms with E-state index in [2.05, 4.69) is 4.74 Å². The van der Waals surface area contributed by atoms with Crippen molar-refractivity contribution in [2.45, 2.75) is 32.4 Å². The van der Waals surface area contributed by atoms with Gasteiger partial charge in [-0.2, -0.15) is 0 Å². The van der Waals surface area contributed by atoms with E-state index in [1.54, 1.807) is 24.3 Å². The van der Waals surface area contributed by atoms with Crippen molar-refractivity contribution in [1.29, 1.82) is 0 Å². The van der Waals surface area contributed by atoms with Crippen molar-refractivity contribution in [3.8, 4) is 5.75 Å². The van der Waals surface area contributed by atoms with Gasteiger partial charge in [-0.15, -0.1) is 0 Å². The molecular weight excluding hydrogens is 218 g/mol. The van der Waals surface area contributed by atoms with Gasteiger partial charge >= 0.3 is 5.97 Å². The Bertz CT molecular complexity index is 379. The summed E-state index contributed by atoms with van der Waals surface area (Å²) in [7, 11) is 1.32. The van der Waals surface area contributed by atoms with Gasteiger partial charge in [-0.3, -0.25) is 4.79 Å². The number of hydrogen-bond acceptors (Lipinski definition) is 4. The normalized spacial score (nSPS) is 13.0. The minimum Gasteiger partial charge on any atom is -0.488 e. The Balaban J connectivity index is 2.78. The molecule has 4 heteroatoms. The molecule has 0 saturated heterocycles. The van der Waals surface area contributed by atoms with Gasteiger partial charge in [-0.1, -0.05) is 12.1 Å². The minimum absolute atomic E-state index is 0.244. The van der Waals surface area contributed by atoms with Gasteiger partial charge in [-0.25, -0.2) is 0 Å². The molecule has 94 valence electrons. The molecule has 0 amide bonds. The fraction of sp³-hybridized carbons (Fsp3) is 0.462. The molecule has 0 aliphatic rings. The number of esters is 1. The second-order valence-electron chi connectivity index (χ2n) is 4.78. The molecule has 0 aliphatic carbocycles. The molecule has 17 heavy (non-hydrogen) atoms. The number of rotatable bonds is 3. The summed E-state index contributed by atoms with van der Waals surface area (Å²) in [6.45, 7) is 5.92. The number of benzene rings is 1. The van der Waals surface area contributed by atoms with Gasteiger partial charge in [-0.05, 0) is 38.5 Å². The van der Waals surface area contributed by atoms with Crippen LogP contribution in [-0.2, 0) is 9.53 Å². The average Bonchev–Trinajstić information content (AvgIpc) is 2.26. The van der Waals surface area contributed by atoms with Crippen molar-refractivity contribution >= 4 is 5.97 Å². The van der Waals surface area contributed by atoms with E-state index in [1.165, 1.54) is 7.11 Å². The van der Waals surface area contributed by atoms with Crippen LogP contribution in [0.2, 0.25) is 0 Å². The predicted molar refractivity (Wildman–Crippen MR) is 65.8 cm³/mol. The smallest absolute Gasteiger partial charge is 0.327 e. The molecule has 0 fully saturated rings. The van der Waals surface area contributed by atoms with Crippen LogP contribution in [0, 0.1) is 0 Å². The van der Waals surface area contributed by atoms with E-state index in [-0.39, 0.29) is 5.60 Å². The van der Waals surface area contributed by atoms with Crippen molar-refractivity contribution in [1.82, 2.24) is 0 Å². The summed E-state index contributed by atoms with van der Waals surface area (Å²) in [5.74, 6) is 0.299.